The Bertz CT molecular complexity index is 542. The summed E-state index contributed by atoms with van der Waals surface area (Å²) in [6.45, 7) is 0.937. The Morgan fingerprint density at radius 2 is 2.13 bits per heavy atom. The van der Waals surface area contributed by atoms with E-state index in [-0.39, 0.29) is 22.0 Å². The van der Waals surface area contributed by atoms with Gasteiger partial charge in [-0.2, -0.15) is 0 Å². The normalized spacial score (nSPS) is 27.1. The van der Waals surface area contributed by atoms with Gasteiger partial charge < -0.3 is 5.73 Å². The fourth-order valence-corrected chi connectivity index (χ4v) is 3.06. The summed E-state index contributed by atoms with van der Waals surface area (Å²) >= 11 is 5.75. The monoisotopic (exact) mass is 250 g/mol. The Morgan fingerprint density at radius 3 is 2.67 bits per heavy atom. The molecule has 4 nitrogen and oxygen atoms in total. The van der Waals surface area contributed by atoms with Crippen LogP contribution < -0.4 is 10.5 Å². The molecule has 2 rings (SSSR count). The van der Waals surface area contributed by atoms with E-state index in [0.717, 1.165) is 6.92 Å². The number of benzene rings is 1. The van der Waals surface area contributed by atoms with Gasteiger partial charge in [0.05, 0.1) is 22.0 Å². The number of alkyl halides is 1. The van der Waals surface area contributed by atoms with Crippen LogP contribution in [0.4, 0.5) is 15.8 Å². The maximum absolute atomic E-state index is 14.0. The zero-order valence-corrected chi connectivity index (χ0v) is 9.29. The second-order valence-corrected chi connectivity index (χ2v) is 5.79. The van der Waals surface area contributed by atoms with Crippen LogP contribution in [0.5, 0.6) is 0 Å². The Kier molecular flexibility index (Phi) is 1.94. The number of nitrogens with two attached hydrogens (primary N) is 1. The Balaban J connectivity index is 2.86. The number of sulfonamides is 1. The molecule has 1 aromatic rings. The van der Waals surface area contributed by atoms with E-state index in [4.69, 9.17) is 17.3 Å². The summed E-state index contributed by atoms with van der Waals surface area (Å²) in [5, 5.41) is -2.51. The fraction of sp³-hybridized carbons (Fsp3) is 0.250. The van der Waals surface area contributed by atoms with Gasteiger partial charge >= 0.3 is 0 Å². The molecule has 7 heteroatoms. The van der Waals surface area contributed by atoms with Crippen molar-refractivity contribution in [2.24, 2.45) is 0 Å². The van der Waals surface area contributed by atoms with Crippen molar-refractivity contribution in [3.63, 3.8) is 0 Å². The first-order chi connectivity index (χ1) is 6.77. The van der Waals surface area contributed by atoms with Crippen LogP contribution in [0.1, 0.15) is 12.5 Å². The molecule has 1 aromatic carbocycles. The van der Waals surface area contributed by atoms with E-state index in [2.05, 4.69) is 4.72 Å². The molecule has 1 unspecified atom stereocenters. The van der Waals surface area contributed by atoms with Gasteiger partial charge in [0.15, 0.2) is 0 Å². The van der Waals surface area contributed by atoms with Crippen LogP contribution in [-0.2, 0) is 15.0 Å². The van der Waals surface area contributed by atoms with Gasteiger partial charge in [-0.1, -0.05) is 11.6 Å². The molecule has 0 fully saturated rings. The van der Waals surface area contributed by atoms with Crippen LogP contribution in [0.25, 0.3) is 0 Å². The number of rotatable bonds is 0. The number of nitrogens with one attached hydrogen (secondary N) is 1. The second-order valence-electron chi connectivity index (χ2n) is 3.41. The molecular weight excluding hydrogens is 243 g/mol. The van der Waals surface area contributed by atoms with E-state index in [9.17, 15) is 12.8 Å². The van der Waals surface area contributed by atoms with Gasteiger partial charge in [0.1, 0.15) is 0 Å². The number of halogens is 2. The van der Waals surface area contributed by atoms with Crippen LogP contribution in [0.2, 0.25) is 5.02 Å². The lowest BCUT2D eigenvalue weighted by Gasteiger charge is -2.13. The molecule has 0 amide bonds. The number of hydrogen-bond acceptors (Lipinski definition) is 3. The fourth-order valence-electron chi connectivity index (χ4n) is 1.50. The highest BCUT2D eigenvalue weighted by atomic mass is 35.5. The van der Waals surface area contributed by atoms with Crippen molar-refractivity contribution in [3.8, 4) is 0 Å². The van der Waals surface area contributed by atoms with Gasteiger partial charge in [-0.3, -0.25) is 4.72 Å². The number of hydrogen-bond donors (Lipinski definition) is 2. The van der Waals surface area contributed by atoms with Gasteiger partial charge in [0, 0.05) is 0 Å². The molecule has 0 aromatic heterocycles. The first-order valence-corrected chi connectivity index (χ1v) is 5.93. The third-order valence-electron chi connectivity index (χ3n) is 2.37. The highest BCUT2D eigenvalue weighted by Gasteiger charge is 2.51. The van der Waals surface area contributed by atoms with E-state index in [1.54, 1.807) is 0 Å². The lowest BCUT2D eigenvalue weighted by atomic mass is 10.1. The Morgan fingerprint density at radius 1 is 1.53 bits per heavy atom. The zero-order chi connectivity index (χ0) is 11.4. The molecule has 1 aliphatic heterocycles. The lowest BCUT2D eigenvalue weighted by molar-refractivity contribution is 0.306. The molecular formula is C8H8ClFN2O2S. The molecule has 0 saturated heterocycles. The quantitative estimate of drug-likeness (QED) is 0.690. The highest BCUT2D eigenvalue weighted by molar-refractivity contribution is 7.93. The molecule has 0 bridgehead atoms. The maximum atomic E-state index is 14.0. The molecule has 82 valence electrons. The lowest BCUT2D eigenvalue weighted by Crippen LogP contribution is -2.25. The molecule has 1 atom stereocenters. The summed E-state index contributed by atoms with van der Waals surface area (Å²) in [5.74, 6) is 0. The SMILES string of the molecule is CC1(F)c2c(Cl)ccc(N)c2NS1(=O)=O. The number of anilines is 2. The average Bonchev–Trinajstić information content (AvgIpc) is 2.28. The van der Waals surface area contributed by atoms with E-state index >= 15 is 0 Å². The van der Waals surface area contributed by atoms with Crippen LogP contribution >= 0.6 is 11.6 Å². The van der Waals surface area contributed by atoms with E-state index < -0.39 is 15.0 Å². The second kappa shape index (κ2) is 2.76. The van der Waals surface area contributed by atoms with Crippen molar-refractivity contribution in [2.75, 3.05) is 10.5 Å². The van der Waals surface area contributed by atoms with Crippen molar-refractivity contribution in [1.82, 2.24) is 0 Å². The topological polar surface area (TPSA) is 72.2 Å². The summed E-state index contributed by atoms with van der Waals surface area (Å²) in [5.41, 5.74) is 5.60. The van der Waals surface area contributed by atoms with Crippen LogP contribution in [0.15, 0.2) is 12.1 Å². The minimum atomic E-state index is -4.11. The van der Waals surface area contributed by atoms with Gasteiger partial charge in [-0.25, -0.2) is 12.8 Å². The Hall–Kier alpha value is -1.01. The van der Waals surface area contributed by atoms with E-state index in [1.807, 2.05) is 0 Å². The summed E-state index contributed by atoms with van der Waals surface area (Å²) < 4.78 is 39.0. The predicted molar refractivity (Wildman–Crippen MR) is 56.9 cm³/mol. The van der Waals surface area contributed by atoms with Crippen molar-refractivity contribution in [1.29, 1.82) is 0 Å². The minimum Gasteiger partial charge on any atom is -0.397 e. The summed E-state index contributed by atoms with van der Waals surface area (Å²) in [6, 6.07) is 2.79. The van der Waals surface area contributed by atoms with Crippen molar-refractivity contribution < 1.29 is 12.8 Å². The van der Waals surface area contributed by atoms with Crippen molar-refractivity contribution in [2.45, 2.75) is 11.9 Å². The zero-order valence-electron chi connectivity index (χ0n) is 7.71. The predicted octanol–water partition coefficient (Wildman–Crippen LogP) is 1.82. The number of fused-ring (bicyclic) bond motifs is 1. The van der Waals surface area contributed by atoms with E-state index in [0.29, 0.717) is 0 Å². The molecule has 0 radical (unpaired) electrons. The average molecular weight is 251 g/mol. The van der Waals surface area contributed by atoms with Gasteiger partial charge in [0.2, 0.25) is 0 Å². The summed E-state index contributed by atoms with van der Waals surface area (Å²) in [6.07, 6.45) is 0. The molecule has 1 aliphatic rings. The molecule has 0 aliphatic carbocycles. The molecule has 1 heterocycles. The highest BCUT2D eigenvalue weighted by Crippen LogP contribution is 2.49. The van der Waals surface area contributed by atoms with Gasteiger partial charge in [0.25, 0.3) is 15.0 Å². The molecule has 0 saturated carbocycles. The first kappa shape index (κ1) is 10.5. The summed E-state index contributed by atoms with van der Waals surface area (Å²) in [7, 11) is -4.11. The molecule has 3 N–H and O–H groups in total. The number of nitrogen functional groups attached to an aromatic ring is 1. The third kappa shape index (κ3) is 1.21. The van der Waals surface area contributed by atoms with Crippen LogP contribution in [-0.4, -0.2) is 8.42 Å². The summed E-state index contributed by atoms with van der Waals surface area (Å²) in [4.78, 5) is 0. The smallest absolute Gasteiger partial charge is 0.272 e. The van der Waals surface area contributed by atoms with Crippen molar-refractivity contribution in [3.05, 3.63) is 22.7 Å². The van der Waals surface area contributed by atoms with Gasteiger partial charge in [-0.05, 0) is 19.1 Å². The molecule has 0 spiro atoms. The standard InChI is InChI=1S/C8H8ClFN2O2S/c1-8(10)6-4(9)2-3-5(11)7(6)12-15(8,13)14/h2-3,12H,11H2,1H3. The van der Waals surface area contributed by atoms with Crippen LogP contribution in [0, 0.1) is 0 Å². The van der Waals surface area contributed by atoms with Gasteiger partial charge in [-0.15, -0.1) is 0 Å². The first-order valence-electron chi connectivity index (χ1n) is 4.07. The Labute approximate surface area is 91.3 Å². The maximum Gasteiger partial charge on any atom is 0.272 e. The van der Waals surface area contributed by atoms with Crippen LogP contribution in [0.3, 0.4) is 0 Å². The largest absolute Gasteiger partial charge is 0.397 e. The minimum absolute atomic E-state index is 0.0347. The van der Waals surface area contributed by atoms with Crippen molar-refractivity contribution >= 4 is 33.0 Å². The molecule has 15 heavy (non-hydrogen) atoms. The van der Waals surface area contributed by atoms with E-state index in [1.165, 1.54) is 12.1 Å². The third-order valence-corrected chi connectivity index (χ3v) is 4.38.